The predicted octanol–water partition coefficient (Wildman–Crippen LogP) is 3.33. The minimum Gasteiger partial charge on any atom is -0.492 e. The summed E-state index contributed by atoms with van der Waals surface area (Å²) in [5, 5.41) is 2.74. The third-order valence-corrected chi connectivity index (χ3v) is 5.73. The lowest BCUT2D eigenvalue weighted by molar-refractivity contribution is -0.121. The first-order chi connectivity index (χ1) is 13.5. The molecule has 2 rings (SSSR count). The van der Waals surface area contributed by atoms with Crippen LogP contribution in [0.1, 0.15) is 33.3 Å². The number of nitrogens with zero attached hydrogens (tertiary/aromatic N) is 1. The van der Waals surface area contributed by atoms with Gasteiger partial charge in [0.05, 0.1) is 18.5 Å². The van der Waals surface area contributed by atoms with Gasteiger partial charge >= 0.3 is 0 Å². The maximum Gasteiger partial charge on any atom is 0.243 e. The summed E-state index contributed by atoms with van der Waals surface area (Å²) in [6, 6.07) is 15.6. The molecule has 7 heteroatoms. The number of hydrogen-bond donors (Lipinski definition) is 1. The molecule has 0 heterocycles. The van der Waals surface area contributed by atoms with E-state index in [2.05, 4.69) is 26.1 Å². The normalized spacial score (nSPS) is 12.9. The van der Waals surface area contributed by atoms with E-state index in [1.165, 1.54) is 5.56 Å². The molecule has 1 unspecified atom stereocenters. The summed E-state index contributed by atoms with van der Waals surface area (Å²) in [7, 11) is -3.61. The van der Waals surface area contributed by atoms with Crippen molar-refractivity contribution in [3.8, 4) is 5.75 Å². The molecule has 0 aliphatic heterocycles. The van der Waals surface area contributed by atoms with E-state index in [9.17, 15) is 13.2 Å². The Labute approximate surface area is 173 Å². The zero-order valence-corrected chi connectivity index (χ0v) is 18.5. The molecule has 0 aliphatic rings. The van der Waals surface area contributed by atoms with Gasteiger partial charge in [-0.25, -0.2) is 8.42 Å². The highest BCUT2D eigenvalue weighted by atomic mass is 32.2. The van der Waals surface area contributed by atoms with E-state index in [-0.39, 0.29) is 24.5 Å². The van der Waals surface area contributed by atoms with Gasteiger partial charge in [0, 0.05) is 0 Å². The van der Waals surface area contributed by atoms with Gasteiger partial charge in [-0.2, -0.15) is 0 Å². The van der Waals surface area contributed by atoms with Gasteiger partial charge in [-0.15, -0.1) is 0 Å². The summed E-state index contributed by atoms with van der Waals surface area (Å²) in [6.45, 7) is 8.57. The Morgan fingerprint density at radius 3 is 2.17 bits per heavy atom. The van der Waals surface area contributed by atoms with Crippen molar-refractivity contribution >= 4 is 21.6 Å². The van der Waals surface area contributed by atoms with Crippen molar-refractivity contribution in [2.75, 3.05) is 23.7 Å². The van der Waals surface area contributed by atoms with Crippen LogP contribution in [-0.2, 0) is 20.2 Å². The fourth-order valence-corrected chi connectivity index (χ4v) is 4.10. The summed E-state index contributed by atoms with van der Waals surface area (Å²) < 4.78 is 31.2. The van der Waals surface area contributed by atoms with E-state index >= 15 is 0 Å². The van der Waals surface area contributed by atoms with Crippen LogP contribution in [0.5, 0.6) is 5.75 Å². The molecule has 2 aromatic rings. The lowest BCUT2D eigenvalue weighted by Gasteiger charge is -2.28. The Bertz CT molecular complexity index is 904. The molecule has 2 aromatic carbocycles. The number of sulfonamides is 1. The Balaban J connectivity index is 1.91. The largest absolute Gasteiger partial charge is 0.492 e. The van der Waals surface area contributed by atoms with Gasteiger partial charge in [-0.3, -0.25) is 9.10 Å². The molecule has 0 aromatic heterocycles. The molecule has 1 N–H and O–H groups in total. The molecule has 0 radical (unpaired) electrons. The van der Waals surface area contributed by atoms with Crippen LogP contribution in [0.15, 0.2) is 54.6 Å². The molecule has 158 valence electrons. The van der Waals surface area contributed by atoms with Crippen LogP contribution in [0.25, 0.3) is 0 Å². The van der Waals surface area contributed by atoms with E-state index < -0.39 is 16.1 Å². The van der Waals surface area contributed by atoms with Crippen LogP contribution in [-0.4, -0.2) is 39.8 Å². The smallest absolute Gasteiger partial charge is 0.243 e. The van der Waals surface area contributed by atoms with Gasteiger partial charge in [0.1, 0.15) is 18.4 Å². The third kappa shape index (κ3) is 6.49. The molecule has 6 nitrogen and oxygen atoms in total. The number of amides is 1. The zero-order chi connectivity index (χ0) is 21.7. The topological polar surface area (TPSA) is 75.7 Å². The second-order valence-electron chi connectivity index (χ2n) is 7.98. The number of carbonyl (C=O) groups excluding carboxylic acids is 1. The second kappa shape index (κ2) is 9.31. The Morgan fingerprint density at radius 2 is 1.66 bits per heavy atom. The van der Waals surface area contributed by atoms with Crippen LogP contribution in [0.2, 0.25) is 0 Å². The van der Waals surface area contributed by atoms with Crippen LogP contribution in [0, 0.1) is 0 Å². The van der Waals surface area contributed by atoms with Gasteiger partial charge < -0.3 is 10.1 Å². The number of ether oxygens (including phenoxy) is 1. The highest BCUT2D eigenvalue weighted by Crippen LogP contribution is 2.24. The van der Waals surface area contributed by atoms with Crippen molar-refractivity contribution in [1.29, 1.82) is 0 Å². The van der Waals surface area contributed by atoms with Crippen LogP contribution in [0.3, 0.4) is 0 Å². The summed E-state index contributed by atoms with van der Waals surface area (Å²) in [4.78, 5) is 12.5. The number of benzene rings is 2. The zero-order valence-electron chi connectivity index (χ0n) is 17.7. The summed E-state index contributed by atoms with van der Waals surface area (Å²) in [6.07, 6.45) is 1.09. The van der Waals surface area contributed by atoms with E-state index in [1.807, 2.05) is 24.3 Å². The Hall–Kier alpha value is -2.54. The molecule has 0 aliphatic carbocycles. The van der Waals surface area contributed by atoms with E-state index in [1.54, 1.807) is 37.3 Å². The fraction of sp³-hybridized carbons (Fsp3) is 0.409. The standard InChI is InChI=1S/C22H30N2O4S/c1-17(24(29(5,26)27)19-9-7-6-8-10-19)21(25)23-15-16-28-20-13-11-18(12-14-20)22(2,3)4/h6-14,17H,15-16H2,1-5H3,(H,23,25). The maximum absolute atomic E-state index is 12.5. The first-order valence-corrected chi connectivity index (χ1v) is 11.4. The van der Waals surface area contributed by atoms with E-state index in [0.717, 1.165) is 16.3 Å². The van der Waals surface area contributed by atoms with Gasteiger partial charge in [0.2, 0.25) is 15.9 Å². The minimum atomic E-state index is -3.61. The van der Waals surface area contributed by atoms with E-state index in [4.69, 9.17) is 4.74 Å². The van der Waals surface area contributed by atoms with Crippen LogP contribution >= 0.6 is 0 Å². The molecule has 29 heavy (non-hydrogen) atoms. The minimum absolute atomic E-state index is 0.0763. The Morgan fingerprint density at radius 1 is 1.07 bits per heavy atom. The van der Waals surface area contributed by atoms with Gasteiger partial charge in [-0.05, 0) is 42.2 Å². The summed E-state index contributed by atoms with van der Waals surface area (Å²) in [5.74, 6) is 0.341. The van der Waals surface area contributed by atoms with Gasteiger partial charge in [-0.1, -0.05) is 51.1 Å². The summed E-state index contributed by atoms with van der Waals surface area (Å²) in [5.41, 5.74) is 1.74. The third-order valence-electron chi connectivity index (χ3n) is 4.49. The fourth-order valence-electron chi connectivity index (χ4n) is 2.93. The highest BCUT2D eigenvalue weighted by molar-refractivity contribution is 7.92. The SMILES string of the molecule is CC(C(=O)NCCOc1ccc(C(C)(C)C)cc1)N(c1ccccc1)S(C)(=O)=O. The number of para-hydroxylation sites is 1. The molecule has 0 spiro atoms. The van der Waals surface area contributed by atoms with E-state index in [0.29, 0.717) is 5.69 Å². The molecular weight excluding hydrogens is 388 g/mol. The second-order valence-corrected chi connectivity index (χ2v) is 9.84. The van der Waals surface area contributed by atoms with Crippen molar-refractivity contribution in [1.82, 2.24) is 5.32 Å². The quantitative estimate of drug-likeness (QED) is 0.667. The first kappa shape index (κ1) is 22.7. The number of carbonyl (C=O) groups is 1. The predicted molar refractivity (Wildman–Crippen MR) is 117 cm³/mol. The van der Waals surface area contributed by atoms with Crippen molar-refractivity contribution in [2.45, 2.75) is 39.2 Å². The van der Waals surface area contributed by atoms with Gasteiger partial charge in [0.15, 0.2) is 0 Å². The molecule has 0 bridgehead atoms. The van der Waals surface area contributed by atoms with Gasteiger partial charge in [0.25, 0.3) is 0 Å². The van der Waals surface area contributed by atoms with Crippen molar-refractivity contribution in [3.05, 3.63) is 60.2 Å². The average molecular weight is 419 g/mol. The molecule has 1 atom stereocenters. The summed E-state index contributed by atoms with van der Waals surface area (Å²) >= 11 is 0. The number of nitrogens with one attached hydrogen (secondary N) is 1. The monoisotopic (exact) mass is 418 g/mol. The average Bonchev–Trinajstić information content (AvgIpc) is 2.64. The number of hydrogen-bond acceptors (Lipinski definition) is 4. The molecule has 1 amide bonds. The lowest BCUT2D eigenvalue weighted by Crippen LogP contribution is -2.48. The highest BCUT2D eigenvalue weighted by Gasteiger charge is 2.28. The maximum atomic E-state index is 12.5. The van der Waals surface area contributed by atoms with Crippen LogP contribution < -0.4 is 14.4 Å². The molecular formula is C22H30N2O4S. The molecule has 0 saturated heterocycles. The molecule has 0 saturated carbocycles. The van der Waals surface area contributed by atoms with Crippen molar-refractivity contribution in [2.24, 2.45) is 0 Å². The van der Waals surface area contributed by atoms with Crippen molar-refractivity contribution in [3.63, 3.8) is 0 Å². The first-order valence-electron chi connectivity index (χ1n) is 9.55. The van der Waals surface area contributed by atoms with Crippen LogP contribution in [0.4, 0.5) is 5.69 Å². The lowest BCUT2D eigenvalue weighted by atomic mass is 9.87. The number of rotatable bonds is 8. The van der Waals surface area contributed by atoms with Crippen molar-refractivity contribution < 1.29 is 17.9 Å². The number of anilines is 1. The Kier molecular flexibility index (Phi) is 7.30. The molecule has 0 fully saturated rings.